The molecule has 0 aliphatic carbocycles. The second-order valence-electron chi connectivity index (χ2n) is 8.12. The first-order valence-electron chi connectivity index (χ1n) is 10.3. The summed E-state index contributed by atoms with van der Waals surface area (Å²) in [7, 11) is -2.28. The van der Waals surface area contributed by atoms with E-state index in [9.17, 15) is 26.0 Å². The van der Waals surface area contributed by atoms with Crippen LogP contribution in [0.3, 0.4) is 0 Å². The summed E-state index contributed by atoms with van der Waals surface area (Å²) in [5, 5.41) is 2.98. The molecule has 3 aromatic rings. The number of nitrogens with one attached hydrogen (secondary N) is 1. The summed E-state index contributed by atoms with van der Waals surface area (Å²) in [6, 6.07) is 8.63. The van der Waals surface area contributed by atoms with Crippen molar-refractivity contribution < 1.29 is 26.0 Å². The highest BCUT2D eigenvalue weighted by Gasteiger charge is 2.41. The third-order valence-corrected chi connectivity index (χ3v) is 7.88. The van der Waals surface area contributed by atoms with Crippen molar-refractivity contribution in [3.8, 4) is 0 Å². The van der Waals surface area contributed by atoms with Crippen molar-refractivity contribution in [2.45, 2.75) is 29.7 Å². The molecule has 34 heavy (non-hydrogen) atoms. The zero-order valence-corrected chi connectivity index (χ0v) is 19.5. The van der Waals surface area contributed by atoms with Crippen LogP contribution < -0.4 is 5.32 Å². The Morgan fingerprint density at radius 3 is 2.53 bits per heavy atom. The molecule has 1 fully saturated rings. The van der Waals surface area contributed by atoms with E-state index >= 15 is 0 Å². The zero-order valence-electron chi connectivity index (χ0n) is 17.9. The van der Waals surface area contributed by atoms with E-state index in [-0.39, 0.29) is 29.7 Å². The molecule has 6 nitrogen and oxygen atoms in total. The fourth-order valence-electron chi connectivity index (χ4n) is 4.02. The van der Waals surface area contributed by atoms with E-state index in [0.29, 0.717) is 11.1 Å². The molecule has 1 N–H and O–H groups in total. The van der Waals surface area contributed by atoms with E-state index in [1.165, 1.54) is 33.5 Å². The fourth-order valence-corrected chi connectivity index (χ4v) is 5.73. The number of aryl methyl sites for hydroxylation is 1. The van der Waals surface area contributed by atoms with Gasteiger partial charge in [0.2, 0.25) is 0 Å². The van der Waals surface area contributed by atoms with Crippen molar-refractivity contribution in [3.05, 3.63) is 82.5 Å². The van der Waals surface area contributed by atoms with Gasteiger partial charge in [-0.25, -0.2) is 17.8 Å². The summed E-state index contributed by atoms with van der Waals surface area (Å²) in [6.45, 7) is 0.110. The van der Waals surface area contributed by atoms with Crippen LogP contribution in [0.4, 0.5) is 17.6 Å². The Morgan fingerprint density at radius 1 is 1.18 bits per heavy atom. The molecule has 0 bridgehead atoms. The van der Waals surface area contributed by atoms with Gasteiger partial charge in [-0.2, -0.15) is 17.5 Å². The number of sulfonamides is 1. The lowest BCUT2D eigenvalue weighted by Gasteiger charge is -2.21. The third kappa shape index (κ3) is 4.97. The highest BCUT2D eigenvalue weighted by molar-refractivity contribution is 7.89. The van der Waals surface area contributed by atoms with Gasteiger partial charge < -0.3 is 9.88 Å². The summed E-state index contributed by atoms with van der Waals surface area (Å²) in [6.07, 6.45) is -1.76. The predicted octanol–water partition coefficient (Wildman–Crippen LogP) is 4.18. The SMILES string of the molecule is Cn1cnc(S(=O)(=O)N2CC(NCc3ccc(C(F)(F)F)cc3Cl)C(c3ccccc3F)C2)c1. The van der Waals surface area contributed by atoms with Crippen LogP contribution in [-0.4, -0.2) is 41.4 Å². The molecule has 0 spiro atoms. The van der Waals surface area contributed by atoms with Crippen molar-refractivity contribution in [2.24, 2.45) is 7.05 Å². The minimum absolute atomic E-state index is 0.0122. The van der Waals surface area contributed by atoms with Gasteiger partial charge in [0.05, 0.1) is 11.9 Å². The van der Waals surface area contributed by atoms with Crippen molar-refractivity contribution in [1.29, 1.82) is 0 Å². The van der Waals surface area contributed by atoms with Gasteiger partial charge in [0.1, 0.15) is 5.82 Å². The number of rotatable bonds is 6. The van der Waals surface area contributed by atoms with Crippen LogP contribution >= 0.6 is 11.6 Å². The van der Waals surface area contributed by atoms with Crippen molar-refractivity contribution >= 4 is 21.6 Å². The number of halogens is 5. The van der Waals surface area contributed by atoms with Crippen molar-refractivity contribution in [3.63, 3.8) is 0 Å². The fraction of sp³-hybridized carbons (Fsp3) is 0.318. The normalized spacial score (nSPS) is 19.6. The van der Waals surface area contributed by atoms with Crippen LogP contribution in [0.5, 0.6) is 0 Å². The summed E-state index contributed by atoms with van der Waals surface area (Å²) < 4.78 is 82.4. The van der Waals surface area contributed by atoms with Gasteiger partial charge in [-0.3, -0.25) is 0 Å². The molecule has 2 heterocycles. The second kappa shape index (κ2) is 9.29. The molecule has 0 saturated carbocycles. The Balaban J connectivity index is 1.59. The van der Waals surface area contributed by atoms with Crippen LogP contribution in [0.25, 0.3) is 0 Å². The summed E-state index contributed by atoms with van der Waals surface area (Å²) >= 11 is 6.07. The average Bonchev–Trinajstić information content (AvgIpc) is 3.40. The largest absolute Gasteiger partial charge is 0.416 e. The molecule has 1 saturated heterocycles. The van der Waals surface area contributed by atoms with Crippen LogP contribution in [-0.2, 0) is 29.8 Å². The van der Waals surface area contributed by atoms with Crippen molar-refractivity contribution in [1.82, 2.24) is 19.2 Å². The molecule has 2 aromatic carbocycles. The number of alkyl halides is 3. The molecule has 0 amide bonds. The lowest BCUT2D eigenvalue weighted by atomic mass is 9.93. The number of nitrogens with zero attached hydrogens (tertiary/aromatic N) is 3. The standard InChI is InChI=1S/C22H21ClF4N4O2S/c1-30-12-21(29-13-30)34(32,33)31-10-17(16-4-2-3-5-19(16)24)20(11-31)28-9-14-6-7-15(8-18(14)23)22(25,26)27/h2-8,12-13,17,20,28H,9-11H2,1H3. The number of imidazole rings is 1. The molecule has 1 aliphatic heterocycles. The topological polar surface area (TPSA) is 67.2 Å². The van der Waals surface area contributed by atoms with Crippen LogP contribution in [0, 0.1) is 5.82 Å². The molecule has 2 atom stereocenters. The predicted molar refractivity (Wildman–Crippen MR) is 118 cm³/mol. The summed E-state index contributed by atoms with van der Waals surface area (Å²) in [5.41, 5.74) is -0.107. The molecule has 2 unspecified atom stereocenters. The Kier molecular flexibility index (Phi) is 6.74. The first-order chi connectivity index (χ1) is 16.0. The highest BCUT2D eigenvalue weighted by Crippen LogP contribution is 2.34. The average molecular weight is 517 g/mol. The molecule has 182 valence electrons. The quantitative estimate of drug-likeness (QED) is 0.499. The Labute approximate surface area is 199 Å². The van der Waals surface area contributed by atoms with E-state index in [0.717, 1.165) is 12.1 Å². The maximum Gasteiger partial charge on any atom is 0.416 e. The van der Waals surface area contributed by atoms with E-state index in [1.807, 2.05) is 0 Å². The van der Waals surface area contributed by atoms with Gasteiger partial charge >= 0.3 is 6.18 Å². The third-order valence-electron chi connectivity index (χ3n) is 5.81. The summed E-state index contributed by atoms with van der Waals surface area (Å²) in [4.78, 5) is 3.94. The molecular formula is C22H21ClF4N4O2S. The number of benzene rings is 2. The van der Waals surface area contributed by atoms with Gasteiger partial charge in [-0.15, -0.1) is 0 Å². The molecular weight excluding hydrogens is 496 g/mol. The van der Waals surface area contributed by atoms with Gasteiger partial charge in [0.15, 0.2) is 5.03 Å². The molecule has 1 aliphatic rings. The van der Waals surface area contributed by atoms with E-state index in [1.54, 1.807) is 25.2 Å². The molecule has 12 heteroatoms. The summed E-state index contributed by atoms with van der Waals surface area (Å²) in [5.74, 6) is -1.00. The monoisotopic (exact) mass is 516 g/mol. The first-order valence-corrected chi connectivity index (χ1v) is 12.1. The van der Waals surface area contributed by atoms with Crippen LogP contribution in [0.15, 0.2) is 60.0 Å². The molecule has 1 aromatic heterocycles. The molecule has 0 radical (unpaired) electrons. The number of hydrogen-bond donors (Lipinski definition) is 1. The van der Waals surface area contributed by atoms with Crippen LogP contribution in [0.1, 0.15) is 22.6 Å². The van der Waals surface area contributed by atoms with E-state index < -0.39 is 39.5 Å². The lowest BCUT2D eigenvalue weighted by molar-refractivity contribution is -0.137. The van der Waals surface area contributed by atoms with Gasteiger partial charge in [-0.1, -0.05) is 35.9 Å². The zero-order chi connectivity index (χ0) is 24.7. The Morgan fingerprint density at radius 2 is 1.91 bits per heavy atom. The van der Waals surface area contributed by atoms with E-state index in [2.05, 4.69) is 10.3 Å². The van der Waals surface area contributed by atoms with Crippen molar-refractivity contribution in [2.75, 3.05) is 13.1 Å². The maximum absolute atomic E-state index is 14.6. The number of hydrogen-bond acceptors (Lipinski definition) is 4. The maximum atomic E-state index is 14.6. The number of aromatic nitrogens is 2. The van der Waals surface area contributed by atoms with Gasteiger partial charge in [-0.05, 0) is 29.3 Å². The molecule has 4 rings (SSSR count). The lowest BCUT2D eigenvalue weighted by Crippen LogP contribution is -2.36. The van der Waals surface area contributed by atoms with Gasteiger partial charge in [0, 0.05) is 49.9 Å². The van der Waals surface area contributed by atoms with Gasteiger partial charge in [0.25, 0.3) is 10.0 Å². The smallest absolute Gasteiger partial charge is 0.339 e. The first kappa shape index (κ1) is 24.6. The second-order valence-corrected chi connectivity index (χ2v) is 10.4. The highest BCUT2D eigenvalue weighted by atomic mass is 35.5. The van der Waals surface area contributed by atoms with Crippen LogP contribution in [0.2, 0.25) is 5.02 Å². The minimum Gasteiger partial charge on any atom is -0.339 e. The Hall–Kier alpha value is -2.47. The minimum atomic E-state index is -4.52. The Bertz CT molecular complexity index is 1300. The van der Waals surface area contributed by atoms with E-state index in [4.69, 9.17) is 11.6 Å².